The standard InChI is InChI=1S/C30H36N2O3S/c1-4-23(2)31-30(34)28(19-24-12-7-5-8-13-24)32(20-26-16-11-17-27(18-26)35-3)29(33)22-36-21-25-14-9-6-10-15-25/h5-18,23,28H,4,19-22H2,1-3H3,(H,31,34). The van der Waals surface area contributed by atoms with Crippen molar-refractivity contribution in [2.45, 2.75) is 51.1 Å². The van der Waals surface area contributed by atoms with Crippen LogP contribution >= 0.6 is 11.8 Å². The van der Waals surface area contributed by atoms with Crippen molar-refractivity contribution < 1.29 is 14.3 Å². The molecule has 0 saturated carbocycles. The van der Waals surface area contributed by atoms with E-state index >= 15 is 0 Å². The summed E-state index contributed by atoms with van der Waals surface area (Å²) < 4.78 is 5.39. The van der Waals surface area contributed by atoms with E-state index in [9.17, 15) is 9.59 Å². The van der Waals surface area contributed by atoms with E-state index in [4.69, 9.17) is 4.74 Å². The Kier molecular flexibility index (Phi) is 10.9. The van der Waals surface area contributed by atoms with E-state index in [0.717, 1.165) is 29.1 Å². The first-order valence-corrected chi connectivity index (χ1v) is 13.5. The van der Waals surface area contributed by atoms with Crippen molar-refractivity contribution in [3.05, 3.63) is 102 Å². The molecule has 0 aliphatic carbocycles. The van der Waals surface area contributed by atoms with Crippen LogP contribution in [0.4, 0.5) is 0 Å². The molecule has 0 aliphatic rings. The highest BCUT2D eigenvalue weighted by molar-refractivity contribution is 7.99. The summed E-state index contributed by atoms with van der Waals surface area (Å²) in [5, 5.41) is 3.11. The van der Waals surface area contributed by atoms with Crippen molar-refractivity contribution in [3.63, 3.8) is 0 Å². The van der Waals surface area contributed by atoms with Gasteiger partial charge in [-0.3, -0.25) is 9.59 Å². The first-order chi connectivity index (χ1) is 17.5. The lowest BCUT2D eigenvalue weighted by molar-refractivity contribution is -0.139. The molecular weight excluding hydrogens is 468 g/mol. The molecule has 2 unspecified atom stereocenters. The number of thioether (sulfide) groups is 1. The van der Waals surface area contributed by atoms with E-state index in [-0.39, 0.29) is 17.9 Å². The summed E-state index contributed by atoms with van der Waals surface area (Å²) in [5.74, 6) is 1.57. The SMILES string of the molecule is CCC(C)NC(=O)C(Cc1ccccc1)N(Cc1cccc(OC)c1)C(=O)CSCc1ccccc1. The van der Waals surface area contributed by atoms with E-state index in [1.54, 1.807) is 23.8 Å². The van der Waals surface area contributed by atoms with Gasteiger partial charge in [-0.1, -0.05) is 79.7 Å². The summed E-state index contributed by atoms with van der Waals surface area (Å²) in [7, 11) is 1.63. The molecule has 0 radical (unpaired) electrons. The minimum atomic E-state index is -0.627. The van der Waals surface area contributed by atoms with Crippen LogP contribution in [-0.4, -0.2) is 41.7 Å². The summed E-state index contributed by atoms with van der Waals surface area (Å²) >= 11 is 1.57. The highest BCUT2D eigenvalue weighted by Gasteiger charge is 2.31. The molecule has 190 valence electrons. The number of carbonyl (C=O) groups is 2. The summed E-state index contributed by atoms with van der Waals surface area (Å²) in [6, 6.07) is 27.1. The van der Waals surface area contributed by atoms with Gasteiger partial charge in [-0.05, 0) is 42.2 Å². The van der Waals surface area contributed by atoms with Gasteiger partial charge in [-0.25, -0.2) is 0 Å². The van der Waals surface area contributed by atoms with Crippen molar-refractivity contribution in [1.29, 1.82) is 0 Å². The average molecular weight is 505 g/mol. The van der Waals surface area contributed by atoms with E-state index < -0.39 is 6.04 Å². The van der Waals surface area contributed by atoms with Crippen molar-refractivity contribution in [2.24, 2.45) is 0 Å². The lowest BCUT2D eigenvalue weighted by Crippen LogP contribution is -2.52. The summed E-state index contributed by atoms with van der Waals surface area (Å²) in [4.78, 5) is 28.9. The highest BCUT2D eigenvalue weighted by atomic mass is 32.2. The van der Waals surface area contributed by atoms with Crippen LogP contribution in [0.1, 0.15) is 37.0 Å². The van der Waals surface area contributed by atoms with Crippen LogP contribution in [0.3, 0.4) is 0 Å². The summed E-state index contributed by atoms with van der Waals surface area (Å²) in [6.07, 6.45) is 1.27. The molecule has 0 aromatic heterocycles. The van der Waals surface area contributed by atoms with Gasteiger partial charge in [-0.2, -0.15) is 0 Å². The molecule has 5 nitrogen and oxygen atoms in total. The number of nitrogens with one attached hydrogen (secondary N) is 1. The van der Waals surface area contributed by atoms with E-state index in [1.807, 2.05) is 86.6 Å². The zero-order valence-corrected chi connectivity index (χ0v) is 22.2. The third-order valence-electron chi connectivity index (χ3n) is 6.10. The molecule has 3 aromatic rings. The quantitative estimate of drug-likeness (QED) is 0.335. The summed E-state index contributed by atoms with van der Waals surface area (Å²) in [5.41, 5.74) is 3.11. The van der Waals surface area contributed by atoms with Crippen LogP contribution in [0.5, 0.6) is 5.75 Å². The van der Waals surface area contributed by atoms with Crippen LogP contribution < -0.4 is 10.1 Å². The molecule has 36 heavy (non-hydrogen) atoms. The minimum absolute atomic E-state index is 0.0250. The van der Waals surface area contributed by atoms with E-state index in [1.165, 1.54) is 5.56 Å². The Labute approximate surface area is 219 Å². The van der Waals surface area contributed by atoms with Gasteiger partial charge in [0, 0.05) is 24.8 Å². The Hall–Kier alpha value is -3.25. The maximum Gasteiger partial charge on any atom is 0.243 e. The minimum Gasteiger partial charge on any atom is -0.497 e. The first kappa shape index (κ1) is 27.3. The van der Waals surface area contributed by atoms with Crippen LogP contribution in [0.25, 0.3) is 0 Å². The van der Waals surface area contributed by atoms with E-state index in [2.05, 4.69) is 17.4 Å². The van der Waals surface area contributed by atoms with Crippen LogP contribution in [0.15, 0.2) is 84.9 Å². The smallest absolute Gasteiger partial charge is 0.243 e. The van der Waals surface area contributed by atoms with Gasteiger partial charge in [0.05, 0.1) is 12.9 Å². The Balaban J connectivity index is 1.87. The average Bonchev–Trinajstić information content (AvgIpc) is 2.91. The molecule has 3 aromatic carbocycles. The molecule has 2 amide bonds. The number of rotatable bonds is 13. The van der Waals surface area contributed by atoms with Crippen molar-refractivity contribution in [1.82, 2.24) is 10.2 Å². The summed E-state index contributed by atoms with van der Waals surface area (Å²) in [6.45, 7) is 4.35. The molecule has 3 rings (SSSR count). The molecule has 0 aliphatic heterocycles. The maximum absolute atomic E-state index is 13.7. The van der Waals surface area contributed by atoms with Gasteiger partial charge in [-0.15, -0.1) is 11.8 Å². The number of ether oxygens (including phenoxy) is 1. The Morgan fingerprint density at radius 3 is 2.19 bits per heavy atom. The largest absolute Gasteiger partial charge is 0.497 e. The number of hydrogen-bond acceptors (Lipinski definition) is 4. The molecule has 1 N–H and O–H groups in total. The Morgan fingerprint density at radius 1 is 0.917 bits per heavy atom. The molecule has 6 heteroatoms. The fourth-order valence-electron chi connectivity index (χ4n) is 3.88. The number of hydrogen-bond donors (Lipinski definition) is 1. The van der Waals surface area contributed by atoms with Gasteiger partial charge in [0.1, 0.15) is 11.8 Å². The Bertz CT molecular complexity index is 1090. The predicted molar refractivity (Wildman–Crippen MR) is 148 cm³/mol. The van der Waals surface area contributed by atoms with Gasteiger partial charge in [0.2, 0.25) is 11.8 Å². The third kappa shape index (κ3) is 8.45. The first-order valence-electron chi connectivity index (χ1n) is 12.4. The van der Waals surface area contributed by atoms with Crippen molar-refractivity contribution in [2.75, 3.05) is 12.9 Å². The van der Waals surface area contributed by atoms with Gasteiger partial charge in [0.25, 0.3) is 0 Å². The number of carbonyl (C=O) groups excluding carboxylic acids is 2. The normalized spacial score (nSPS) is 12.4. The Morgan fingerprint density at radius 2 is 1.56 bits per heavy atom. The second-order valence-electron chi connectivity index (χ2n) is 8.87. The number of methoxy groups -OCH3 is 1. The number of amides is 2. The fraction of sp³-hybridized carbons (Fsp3) is 0.333. The number of benzene rings is 3. The molecule has 0 bridgehead atoms. The van der Waals surface area contributed by atoms with Gasteiger partial charge < -0.3 is 15.0 Å². The number of nitrogens with zero attached hydrogens (tertiary/aromatic N) is 1. The monoisotopic (exact) mass is 504 g/mol. The fourth-order valence-corrected chi connectivity index (χ4v) is 4.75. The van der Waals surface area contributed by atoms with Crippen molar-refractivity contribution >= 4 is 23.6 Å². The van der Waals surface area contributed by atoms with Crippen LogP contribution in [0.2, 0.25) is 0 Å². The van der Waals surface area contributed by atoms with Gasteiger partial charge in [0.15, 0.2) is 0 Å². The lowest BCUT2D eigenvalue weighted by Gasteiger charge is -2.32. The zero-order chi connectivity index (χ0) is 25.8. The van der Waals surface area contributed by atoms with Crippen LogP contribution in [0, 0.1) is 0 Å². The molecule has 0 fully saturated rings. The molecule has 0 saturated heterocycles. The molecule has 2 atom stereocenters. The van der Waals surface area contributed by atoms with Crippen molar-refractivity contribution in [3.8, 4) is 5.75 Å². The molecule has 0 heterocycles. The molecule has 0 spiro atoms. The topological polar surface area (TPSA) is 58.6 Å². The third-order valence-corrected chi connectivity index (χ3v) is 7.08. The van der Waals surface area contributed by atoms with E-state index in [0.29, 0.717) is 18.7 Å². The second kappa shape index (κ2) is 14.3. The molecular formula is C30H36N2O3S. The lowest BCUT2D eigenvalue weighted by atomic mass is 10.0. The highest BCUT2D eigenvalue weighted by Crippen LogP contribution is 2.20. The second-order valence-corrected chi connectivity index (χ2v) is 9.86. The maximum atomic E-state index is 13.7. The van der Waals surface area contributed by atoms with Crippen LogP contribution in [-0.2, 0) is 28.3 Å². The predicted octanol–water partition coefficient (Wildman–Crippen LogP) is 5.48. The van der Waals surface area contributed by atoms with Gasteiger partial charge >= 0.3 is 0 Å². The zero-order valence-electron chi connectivity index (χ0n) is 21.4.